The topological polar surface area (TPSA) is 64.3 Å². The maximum atomic E-state index is 13.6. The summed E-state index contributed by atoms with van der Waals surface area (Å²) in [7, 11) is 0. The maximum absolute atomic E-state index is 13.6. The lowest BCUT2D eigenvalue weighted by Crippen LogP contribution is -2.33. The molecule has 0 amide bonds. The highest BCUT2D eigenvalue weighted by atomic mass is 19.1. The molecule has 31 heavy (non-hydrogen) atoms. The first-order valence-electron chi connectivity index (χ1n) is 10.7. The van der Waals surface area contributed by atoms with Gasteiger partial charge in [-0.2, -0.15) is 0 Å². The fraction of sp³-hybridized carbons (Fsp3) is 0.360. The number of hydrogen-bond acceptors (Lipinski definition) is 4. The van der Waals surface area contributed by atoms with E-state index in [-0.39, 0.29) is 30.2 Å². The lowest BCUT2D eigenvalue weighted by molar-refractivity contribution is -0.160. The highest BCUT2D eigenvalue weighted by Gasteiger charge is 2.28. The van der Waals surface area contributed by atoms with E-state index in [2.05, 4.69) is 29.5 Å². The Morgan fingerprint density at radius 3 is 2.52 bits per heavy atom. The van der Waals surface area contributed by atoms with Crippen LogP contribution in [0.25, 0.3) is 22.4 Å². The summed E-state index contributed by atoms with van der Waals surface area (Å²) >= 11 is 0. The molecule has 0 saturated carbocycles. The minimum absolute atomic E-state index is 0.0598. The van der Waals surface area contributed by atoms with Gasteiger partial charge < -0.3 is 14.4 Å². The van der Waals surface area contributed by atoms with Crippen LogP contribution < -0.4 is 0 Å². The summed E-state index contributed by atoms with van der Waals surface area (Å²) in [6, 6.07) is 12.6. The molecule has 1 saturated heterocycles. The second-order valence-electron chi connectivity index (χ2n) is 8.37. The van der Waals surface area contributed by atoms with Crippen LogP contribution in [0.1, 0.15) is 44.7 Å². The first-order chi connectivity index (χ1) is 14.9. The summed E-state index contributed by atoms with van der Waals surface area (Å²) in [4.78, 5) is 15.9. The van der Waals surface area contributed by atoms with Crippen molar-refractivity contribution in [3.63, 3.8) is 0 Å². The average molecular weight is 423 g/mol. The second-order valence-corrected chi connectivity index (χ2v) is 8.37. The van der Waals surface area contributed by atoms with Gasteiger partial charge in [-0.1, -0.05) is 13.8 Å². The predicted molar refractivity (Wildman–Crippen MR) is 117 cm³/mol. The number of hydrogen-bond donors (Lipinski definition) is 1. The van der Waals surface area contributed by atoms with E-state index in [0.29, 0.717) is 19.4 Å². The van der Waals surface area contributed by atoms with E-state index < -0.39 is 6.10 Å². The zero-order valence-electron chi connectivity index (χ0n) is 17.8. The summed E-state index contributed by atoms with van der Waals surface area (Å²) in [6.45, 7) is 4.92. The van der Waals surface area contributed by atoms with Crippen molar-refractivity contribution in [1.82, 2.24) is 9.55 Å². The molecule has 1 N–H and O–H groups in total. The lowest BCUT2D eigenvalue weighted by Gasteiger charge is -2.27. The van der Waals surface area contributed by atoms with Crippen LogP contribution >= 0.6 is 0 Å². The molecule has 1 aromatic carbocycles. The molecule has 2 atom stereocenters. The van der Waals surface area contributed by atoms with E-state index in [0.717, 1.165) is 28.1 Å². The summed E-state index contributed by atoms with van der Waals surface area (Å²) in [5, 5.41) is 9.95. The fourth-order valence-corrected chi connectivity index (χ4v) is 4.36. The van der Waals surface area contributed by atoms with Crippen LogP contribution in [0.3, 0.4) is 0 Å². The van der Waals surface area contributed by atoms with E-state index >= 15 is 0 Å². The molecule has 162 valence electrons. The van der Waals surface area contributed by atoms with E-state index in [9.17, 15) is 14.3 Å². The van der Waals surface area contributed by atoms with Crippen molar-refractivity contribution in [2.24, 2.45) is 0 Å². The first kappa shape index (κ1) is 21.2. The van der Waals surface area contributed by atoms with Gasteiger partial charge in [-0.25, -0.2) is 4.39 Å². The average Bonchev–Trinajstić information content (AvgIpc) is 3.12. The number of aromatic nitrogens is 2. The highest BCUT2D eigenvalue weighted by Crippen LogP contribution is 2.37. The Morgan fingerprint density at radius 1 is 1.16 bits per heavy atom. The Bertz CT molecular complexity index is 1040. The van der Waals surface area contributed by atoms with Crippen molar-refractivity contribution >= 4 is 5.97 Å². The Labute approximate surface area is 181 Å². The van der Waals surface area contributed by atoms with Gasteiger partial charge in [0.1, 0.15) is 11.9 Å². The molecule has 0 radical (unpaired) electrons. The molecule has 4 rings (SSSR count). The summed E-state index contributed by atoms with van der Waals surface area (Å²) in [6.07, 6.45) is 3.70. The van der Waals surface area contributed by atoms with Gasteiger partial charge in [-0.05, 0) is 59.5 Å². The number of esters is 1. The Kier molecular flexibility index (Phi) is 6.18. The molecule has 1 aliphatic rings. The van der Waals surface area contributed by atoms with Gasteiger partial charge in [0.15, 0.2) is 0 Å². The Hall–Kier alpha value is -2.99. The number of benzene rings is 1. The van der Waals surface area contributed by atoms with Crippen LogP contribution in [0, 0.1) is 5.82 Å². The van der Waals surface area contributed by atoms with Gasteiger partial charge in [-0.3, -0.25) is 9.78 Å². The number of cyclic esters (lactones) is 1. The molecule has 1 fully saturated rings. The summed E-state index contributed by atoms with van der Waals surface area (Å²) < 4.78 is 21.3. The van der Waals surface area contributed by atoms with Crippen LogP contribution in [0.5, 0.6) is 0 Å². The molecular formula is C25H27FN2O3. The summed E-state index contributed by atoms with van der Waals surface area (Å²) in [5.41, 5.74) is 5.24. The first-order valence-corrected chi connectivity index (χ1v) is 10.7. The molecule has 0 aliphatic carbocycles. The largest absolute Gasteiger partial charge is 0.462 e. The van der Waals surface area contributed by atoms with Gasteiger partial charge >= 0.3 is 5.97 Å². The number of pyridine rings is 1. The molecular weight excluding hydrogens is 395 g/mol. The van der Waals surface area contributed by atoms with Crippen LogP contribution in [0.15, 0.2) is 54.9 Å². The van der Waals surface area contributed by atoms with Crippen LogP contribution in [-0.4, -0.2) is 32.8 Å². The number of aliphatic hydroxyl groups is 1. The fourth-order valence-electron chi connectivity index (χ4n) is 4.36. The minimum atomic E-state index is -0.649. The van der Waals surface area contributed by atoms with Gasteiger partial charge in [0.2, 0.25) is 0 Å². The van der Waals surface area contributed by atoms with Crippen molar-refractivity contribution in [1.29, 1.82) is 0 Å². The Balaban J connectivity index is 1.76. The SMILES string of the molecule is CC(C)c1c(-c2ccncc2)cc(-c2ccc(F)cc2)n1CCC1CC(O)CC(=O)O1. The van der Waals surface area contributed by atoms with Crippen LogP contribution in [0.2, 0.25) is 0 Å². The summed E-state index contributed by atoms with van der Waals surface area (Å²) in [5.74, 6) is -0.392. The van der Waals surface area contributed by atoms with Gasteiger partial charge in [0.25, 0.3) is 0 Å². The number of rotatable bonds is 6. The lowest BCUT2D eigenvalue weighted by atomic mass is 10.00. The molecule has 5 nitrogen and oxygen atoms in total. The molecule has 2 unspecified atom stereocenters. The molecule has 0 spiro atoms. The van der Waals surface area contributed by atoms with Crippen molar-refractivity contribution < 1.29 is 19.0 Å². The van der Waals surface area contributed by atoms with Crippen LogP contribution in [-0.2, 0) is 16.1 Å². The molecule has 3 heterocycles. The molecule has 2 aromatic heterocycles. The van der Waals surface area contributed by atoms with E-state index in [1.54, 1.807) is 24.5 Å². The van der Waals surface area contributed by atoms with Crippen molar-refractivity contribution in [2.75, 3.05) is 0 Å². The van der Waals surface area contributed by atoms with E-state index in [4.69, 9.17) is 4.74 Å². The molecule has 6 heteroatoms. The molecule has 3 aromatic rings. The second kappa shape index (κ2) is 9.02. The smallest absolute Gasteiger partial charge is 0.308 e. The van der Waals surface area contributed by atoms with E-state index in [1.807, 2.05) is 12.1 Å². The predicted octanol–water partition coefficient (Wildman–Crippen LogP) is 4.94. The molecule has 0 bridgehead atoms. The van der Waals surface area contributed by atoms with Gasteiger partial charge in [-0.15, -0.1) is 0 Å². The minimum Gasteiger partial charge on any atom is -0.462 e. The van der Waals surface area contributed by atoms with Crippen molar-refractivity contribution in [3.8, 4) is 22.4 Å². The third kappa shape index (κ3) is 4.69. The number of carbonyl (C=O) groups excluding carboxylic acids is 1. The van der Waals surface area contributed by atoms with Crippen molar-refractivity contribution in [3.05, 3.63) is 66.4 Å². The standard InChI is InChI=1S/C25H27FN2O3/c1-16(2)25-22(17-7-10-27-11-8-17)15-23(18-3-5-19(26)6-4-18)28(25)12-9-21-13-20(29)14-24(30)31-21/h3-8,10-11,15-16,20-21,29H,9,12-14H2,1-2H3. The highest BCUT2D eigenvalue weighted by molar-refractivity contribution is 5.75. The van der Waals surface area contributed by atoms with Gasteiger partial charge in [0, 0.05) is 48.7 Å². The van der Waals surface area contributed by atoms with Gasteiger partial charge in [0.05, 0.1) is 12.5 Å². The van der Waals surface area contributed by atoms with E-state index in [1.165, 1.54) is 12.1 Å². The van der Waals surface area contributed by atoms with Crippen molar-refractivity contribution in [2.45, 2.75) is 57.8 Å². The normalized spacial score (nSPS) is 18.9. The third-order valence-corrected chi connectivity index (χ3v) is 5.73. The number of halogens is 1. The molecule has 1 aliphatic heterocycles. The Morgan fingerprint density at radius 2 is 1.87 bits per heavy atom. The third-order valence-electron chi connectivity index (χ3n) is 5.73. The zero-order valence-corrected chi connectivity index (χ0v) is 17.8. The number of carbonyl (C=O) groups is 1. The number of aliphatic hydroxyl groups excluding tert-OH is 1. The monoisotopic (exact) mass is 422 g/mol. The maximum Gasteiger partial charge on any atom is 0.308 e. The number of ether oxygens (including phenoxy) is 1. The quantitative estimate of drug-likeness (QED) is 0.572. The number of nitrogens with zero attached hydrogens (tertiary/aromatic N) is 2. The van der Waals surface area contributed by atoms with Crippen LogP contribution in [0.4, 0.5) is 4.39 Å². The zero-order chi connectivity index (χ0) is 22.0.